The molecule has 0 fully saturated rings. The maximum Gasteiger partial charge on any atom is 0.351 e. The van der Waals surface area contributed by atoms with E-state index in [0.717, 1.165) is 5.56 Å². The van der Waals surface area contributed by atoms with Crippen molar-refractivity contribution in [2.75, 3.05) is 26.1 Å². The number of hydrogen-bond donors (Lipinski definition) is 1. The number of carbonyl (C=O) groups excluding carboxylic acids is 2. The first kappa shape index (κ1) is 24.1. The number of aryl methyl sites for hydroxylation is 1. The summed E-state index contributed by atoms with van der Waals surface area (Å²) in [4.78, 5) is 30.2. The van der Waals surface area contributed by atoms with Gasteiger partial charge in [-0.2, -0.15) is 0 Å². The number of esters is 1. The molecule has 2 aromatic carbocycles. The lowest BCUT2D eigenvalue weighted by molar-refractivity contribution is -0.123. The number of methoxy groups -OCH3 is 2. The van der Waals surface area contributed by atoms with Crippen LogP contribution in [-0.4, -0.2) is 43.8 Å². The predicted molar refractivity (Wildman–Crippen MR) is 127 cm³/mol. The van der Waals surface area contributed by atoms with Crippen LogP contribution in [0.1, 0.15) is 29.2 Å². The zero-order chi connectivity index (χ0) is 24.0. The number of ether oxygens (including phenoxy) is 4. The van der Waals surface area contributed by atoms with Gasteiger partial charge in [0.25, 0.3) is 5.91 Å². The Morgan fingerprint density at radius 3 is 2.48 bits per heavy atom. The number of benzene rings is 2. The Morgan fingerprint density at radius 2 is 1.79 bits per heavy atom. The summed E-state index contributed by atoms with van der Waals surface area (Å²) >= 11 is 1.19. The molecule has 0 aliphatic rings. The first-order chi connectivity index (χ1) is 15.9. The van der Waals surface area contributed by atoms with Crippen LogP contribution in [0, 0.1) is 6.92 Å². The Hall–Kier alpha value is -3.59. The number of rotatable bonds is 9. The van der Waals surface area contributed by atoms with Gasteiger partial charge in [0.05, 0.1) is 32.2 Å². The van der Waals surface area contributed by atoms with E-state index in [1.54, 1.807) is 51.5 Å². The zero-order valence-corrected chi connectivity index (χ0v) is 19.9. The normalized spacial score (nSPS) is 11.4. The molecule has 1 atom stereocenters. The molecule has 0 spiro atoms. The molecule has 0 bridgehead atoms. The molecule has 0 saturated carbocycles. The highest BCUT2D eigenvalue weighted by atomic mass is 32.1. The lowest BCUT2D eigenvalue weighted by Crippen LogP contribution is -2.30. The molecular formula is C24H26N2O6S. The molecule has 0 aliphatic carbocycles. The number of nitrogens with one attached hydrogen (secondary N) is 1. The van der Waals surface area contributed by atoms with Crippen molar-refractivity contribution in [3.63, 3.8) is 0 Å². The molecule has 8 nitrogen and oxygen atoms in total. The van der Waals surface area contributed by atoms with Gasteiger partial charge < -0.3 is 24.3 Å². The molecule has 1 N–H and O–H groups in total. The maximum atomic E-state index is 12.8. The van der Waals surface area contributed by atoms with Crippen LogP contribution in [0.5, 0.6) is 17.2 Å². The van der Waals surface area contributed by atoms with Crippen molar-refractivity contribution >= 4 is 28.9 Å². The zero-order valence-electron chi connectivity index (χ0n) is 19.1. The van der Waals surface area contributed by atoms with Crippen molar-refractivity contribution < 1.29 is 28.5 Å². The first-order valence-corrected chi connectivity index (χ1v) is 11.1. The third-order valence-electron chi connectivity index (χ3n) is 4.71. The van der Waals surface area contributed by atoms with Crippen LogP contribution in [0.2, 0.25) is 0 Å². The summed E-state index contributed by atoms with van der Waals surface area (Å²) in [7, 11) is 3.11. The molecule has 0 saturated heterocycles. The second-order valence-electron chi connectivity index (χ2n) is 6.97. The SMILES string of the molecule is CCOc1ccccc1NC(=O)C(C)OC(=O)c1sc(-c2ccc(OC)c(OC)c2)nc1C. The van der Waals surface area contributed by atoms with E-state index in [1.807, 2.05) is 19.1 Å². The van der Waals surface area contributed by atoms with E-state index in [-0.39, 0.29) is 0 Å². The average molecular weight is 471 g/mol. The minimum absolute atomic E-state index is 0.328. The van der Waals surface area contributed by atoms with Crippen LogP contribution >= 0.6 is 11.3 Å². The highest BCUT2D eigenvalue weighted by Crippen LogP contribution is 2.35. The average Bonchev–Trinajstić information content (AvgIpc) is 3.21. The quantitative estimate of drug-likeness (QED) is 0.452. The number of hydrogen-bond acceptors (Lipinski definition) is 8. The summed E-state index contributed by atoms with van der Waals surface area (Å²) in [6.45, 7) is 5.56. The number of anilines is 1. The van der Waals surface area contributed by atoms with E-state index in [4.69, 9.17) is 18.9 Å². The molecule has 9 heteroatoms. The molecule has 0 aliphatic heterocycles. The number of aromatic nitrogens is 1. The molecule has 1 heterocycles. The minimum Gasteiger partial charge on any atom is -0.493 e. The molecule has 33 heavy (non-hydrogen) atoms. The van der Waals surface area contributed by atoms with Crippen molar-refractivity contribution in [3.05, 3.63) is 53.0 Å². The third-order valence-corrected chi connectivity index (χ3v) is 5.90. The van der Waals surface area contributed by atoms with E-state index >= 15 is 0 Å². The maximum absolute atomic E-state index is 12.8. The largest absolute Gasteiger partial charge is 0.493 e. The fourth-order valence-electron chi connectivity index (χ4n) is 3.03. The van der Waals surface area contributed by atoms with Gasteiger partial charge in [-0.05, 0) is 51.1 Å². The van der Waals surface area contributed by atoms with E-state index < -0.39 is 18.0 Å². The smallest absolute Gasteiger partial charge is 0.351 e. The van der Waals surface area contributed by atoms with Gasteiger partial charge in [0, 0.05) is 5.56 Å². The van der Waals surface area contributed by atoms with Gasteiger partial charge in [-0.3, -0.25) is 4.79 Å². The number of thiazole rings is 1. The Morgan fingerprint density at radius 1 is 1.06 bits per heavy atom. The standard InChI is InChI=1S/C24H26N2O6S/c1-6-31-18-10-8-7-9-17(18)26-22(27)15(3)32-24(28)21-14(2)25-23(33-21)16-11-12-19(29-4)20(13-16)30-5/h7-13,15H,6H2,1-5H3,(H,26,27). The van der Waals surface area contributed by atoms with Gasteiger partial charge in [-0.25, -0.2) is 9.78 Å². The third kappa shape index (κ3) is 5.61. The lowest BCUT2D eigenvalue weighted by atomic mass is 10.2. The van der Waals surface area contributed by atoms with Gasteiger partial charge in [0.1, 0.15) is 15.6 Å². The van der Waals surface area contributed by atoms with E-state index in [0.29, 0.717) is 45.1 Å². The minimum atomic E-state index is -1.02. The van der Waals surface area contributed by atoms with Gasteiger partial charge in [-0.1, -0.05) is 12.1 Å². The van der Waals surface area contributed by atoms with Gasteiger partial charge >= 0.3 is 5.97 Å². The van der Waals surface area contributed by atoms with Crippen LogP contribution in [0.3, 0.4) is 0 Å². The summed E-state index contributed by atoms with van der Waals surface area (Å²) < 4.78 is 21.5. The van der Waals surface area contributed by atoms with Gasteiger partial charge in [0.2, 0.25) is 0 Å². The summed E-state index contributed by atoms with van der Waals surface area (Å²) in [6, 6.07) is 12.5. The molecule has 1 unspecified atom stereocenters. The molecule has 1 amide bonds. The number of nitrogens with zero attached hydrogens (tertiary/aromatic N) is 1. The highest BCUT2D eigenvalue weighted by Gasteiger charge is 2.24. The van der Waals surface area contributed by atoms with Crippen molar-refractivity contribution in [2.24, 2.45) is 0 Å². The molecule has 3 aromatic rings. The Bertz CT molecular complexity index is 1140. The van der Waals surface area contributed by atoms with Crippen LogP contribution in [0.25, 0.3) is 10.6 Å². The van der Waals surface area contributed by atoms with E-state index in [2.05, 4.69) is 10.3 Å². The van der Waals surface area contributed by atoms with Gasteiger partial charge in [-0.15, -0.1) is 11.3 Å². The van der Waals surface area contributed by atoms with Crippen LogP contribution in [0.4, 0.5) is 5.69 Å². The monoisotopic (exact) mass is 470 g/mol. The van der Waals surface area contributed by atoms with Crippen molar-refractivity contribution in [2.45, 2.75) is 26.9 Å². The number of carbonyl (C=O) groups is 2. The molecule has 0 radical (unpaired) electrons. The summed E-state index contributed by atoms with van der Waals surface area (Å²) in [5.41, 5.74) is 1.80. The topological polar surface area (TPSA) is 96.0 Å². The lowest BCUT2D eigenvalue weighted by Gasteiger charge is -2.15. The van der Waals surface area contributed by atoms with Crippen LogP contribution in [-0.2, 0) is 9.53 Å². The Labute approximate surface area is 196 Å². The summed E-state index contributed by atoms with van der Waals surface area (Å²) in [5.74, 6) is 0.629. The molecule has 1 aromatic heterocycles. The highest BCUT2D eigenvalue weighted by molar-refractivity contribution is 7.17. The molecular weight excluding hydrogens is 444 g/mol. The van der Waals surface area contributed by atoms with Crippen LogP contribution < -0.4 is 19.5 Å². The fourth-order valence-corrected chi connectivity index (χ4v) is 3.98. The summed E-state index contributed by atoms with van der Waals surface area (Å²) in [6.07, 6.45) is -1.02. The van der Waals surface area contributed by atoms with E-state index in [9.17, 15) is 9.59 Å². The van der Waals surface area contributed by atoms with Crippen LogP contribution in [0.15, 0.2) is 42.5 Å². The van der Waals surface area contributed by atoms with Crippen molar-refractivity contribution in [3.8, 4) is 27.8 Å². The predicted octanol–water partition coefficient (Wildman–Crippen LogP) is 4.72. The van der Waals surface area contributed by atoms with Crippen molar-refractivity contribution in [1.82, 2.24) is 4.98 Å². The summed E-state index contributed by atoms with van der Waals surface area (Å²) in [5, 5.41) is 3.37. The Balaban J connectivity index is 1.72. The first-order valence-electron chi connectivity index (χ1n) is 10.3. The number of amides is 1. The number of para-hydroxylation sites is 2. The van der Waals surface area contributed by atoms with Gasteiger partial charge in [0.15, 0.2) is 17.6 Å². The Kier molecular flexibility index (Phi) is 7.89. The van der Waals surface area contributed by atoms with Crippen molar-refractivity contribution in [1.29, 1.82) is 0 Å². The second-order valence-corrected chi connectivity index (χ2v) is 7.97. The molecule has 174 valence electrons. The fraction of sp³-hybridized carbons (Fsp3) is 0.292. The molecule has 3 rings (SSSR count). The second kappa shape index (κ2) is 10.8. The van der Waals surface area contributed by atoms with E-state index in [1.165, 1.54) is 18.3 Å².